The molecule has 1 aromatic rings. The number of pyridine rings is 1. The molecule has 5 heteroatoms. The lowest BCUT2D eigenvalue weighted by Gasteiger charge is -2.12. The van der Waals surface area contributed by atoms with Gasteiger partial charge in [-0.3, -0.25) is 4.79 Å². The fourth-order valence-electron chi connectivity index (χ4n) is 2.01. The maximum Gasteiger partial charge on any atom is 0.270 e. The molecule has 19 heavy (non-hydrogen) atoms. The first-order valence-electron chi connectivity index (χ1n) is 6.77. The van der Waals surface area contributed by atoms with Gasteiger partial charge in [0.05, 0.1) is 18.0 Å². The Morgan fingerprint density at radius 1 is 1.53 bits per heavy atom. The van der Waals surface area contributed by atoms with Crippen LogP contribution >= 0.6 is 0 Å². The summed E-state index contributed by atoms with van der Waals surface area (Å²) >= 11 is 0. The summed E-state index contributed by atoms with van der Waals surface area (Å²) in [5.41, 5.74) is 1.35. The molecule has 1 atom stereocenters. The van der Waals surface area contributed by atoms with Gasteiger partial charge in [-0.15, -0.1) is 0 Å². The zero-order valence-corrected chi connectivity index (χ0v) is 11.5. The van der Waals surface area contributed by atoms with Gasteiger partial charge in [-0.05, 0) is 38.8 Å². The molecule has 5 nitrogen and oxygen atoms in total. The zero-order valence-electron chi connectivity index (χ0n) is 11.5. The fourth-order valence-corrected chi connectivity index (χ4v) is 2.01. The van der Waals surface area contributed by atoms with Gasteiger partial charge in [0.15, 0.2) is 0 Å². The number of nitrogens with zero attached hydrogens (tertiary/aromatic N) is 1. The Morgan fingerprint density at radius 3 is 2.95 bits per heavy atom. The number of carbonyl (C=O) groups excluding carboxylic acids is 1. The minimum absolute atomic E-state index is 0.117. The summed E-state index contributed by atoms with van der Waals surface area (Å²) in [7, 11) is 0. The summed E-state index contributed by atoms with van der Waals surface area (Å²) in [5.74, 6) is -0.138. The van der Waals surface area contributed by atoms with E-state index in [-0.39, 0.29) is 11.9 Å². The van der Waals surface area contributed by atoms with Gasteiger partial charge in [0, 0.05) is 19.2 Å². The molecule has 2 heterocycles. The summed E-state index contributed by atoms with van der Waals surface area (Å²) in [6.07, 6.45) is 4.22. The third-order valence-electron chi connectivity index (χ3n) is 2.97. The molecule has 1 saturated heterocycles. The van der Waals surface area contributed by atoms with Gasteiger partial charge in [0.2, 0.25) is 0 Å². The van der Waals surface area contributed by atoms with Crippen molar-refractivity contribution in [2.45, 2.75) is 38.8 Å². The van der Waals surface area contributed by atoms with E-state index in [1.54, 1.807) is 12.3 Å². The minimum atomic E-state index is -0.138. The Labute approximate surface area is 113 Å². The quantitative estimate of drug-likeness (QED) is 0.850. The lowest BCUT2D eigenvalue weighted by atomic mass is 10.2. The summed E-state index contributed by atoms with van der Waals surface area (Å²) in [5, 5.41) is 6.09. The van der Waals surface area contributed by atoms with E-state index in [9.17, 15) is 4.79 Å². The topological polar surface area (TPSA) is 63.2 Å². The molecule has 0 aromatic carbocycles. The second-order valence-corrected chi connectivity index (χ2v) is 5.08. The van der Waals surface area contributed by atoms with Crippen molar-refractivity contribution in [3.05, 3.63) is 24.0 Å². The van der Waals surface area contributed by atoms with Gasteiger partial charge < -0.3 is 15.4 Å². The Hall–Kier alpha value is -1.62. The molecule has 1 fully saturated rings. The predicted molar refractivity (Wildman–Crippen MR) is 74.3 cm³/mol. The Morgan fingerprint density at radius 2 is 2.37 bits per heavy atom. The number of carbonyl (C=O) groups is 1. The Balaban J connectivity index is 1.85. The van der Waals surface area contributed by atoms with Crippen molar-refractivity contribution in [3.8, 4) is 0 Å². The average Bonchev–Trinajstić information content (AvgIpc) is 2.89. The van der Waals surface area contributed by atoms with E-state index in [0.717, 1.165) is 31.7 Å². The van der Waals surface area contributed by atoms with Crippen LogP contribution in [0.4, 0.5) is 5.69 Å². The van der Waals surface area contributed by atoms with Crippen molar-refractivity contribution in [2.75, 3.05) is 18.5 Å². The third-order valence-corrected chi connectivity index (χ3v) is 2.97. The number of anilines is 1. The van der Waals surface area contributed by atoms with Crippen LogP contribution in [0.1, 0.15) is 37.2 Å². The second-order valence-electron chi connectivity index (χ2n) is 5.08. The molecule has 104 valence electrons. The molecule has 0 spiro atoms. The van der Waals surface area contributed by atoms with Crippen LogP contribution in [0.2, 0.25) is 0 Å². The van der Waals surface area contributed by atoms with Crippen LogP contribution in [-0.2, 0) is 4.74 Å². The largest absolute Gasteiger partial charge is 0.381 e. The number of nitrogens with one attached hydrogen (secondary N) is 2. The number of aromatic nitrogens is 1. The number of hydrogen-bond acceptors (Lipinski definition) is 4. The molecule has 1 amide bonds. The molecule has 0 saturated carbocycles. The maximum atomic E-state index is 11.7. The highest BCUT2D eigenvalue weighted by Gasteiger charge is 2.15. The number of ether oxygens (including phenoxy) is 1. The first-order valence-corrected chi connectivity index (χ1v) is 6.77. The Kier molecular flexibility index (Phi) is 4.74. The first kappa shape index (κ1) is 13.8. The number of amides is 1. The van der Waals surface area contributed by atoms with Crippen molar-refractivity contribution in [1.29, 1.82) is 0 Å². The monoisotopic (exact) mass is 263 g/mol. The van der Waals surface area contributed by atoms with Crippen molar-refractivity contribution in [3.63, 3.8) is 0 Å². The van der Waals surface area contributed by atoms with Crippen molar-refractivity contribution < 1.29 is 9.53 Å². The molecular formula is C14H21N3O2. The summed E-state index contributed by atoms with van der Waals surface area (Å²) in [4.78, 5) is 15.9. The van der Waals surface area contributed by atoms with E-state index in [4.69, 9.17) is 4.74 Å². The lowest BCUT2D eigenvalue weighted by molar-refractivity contribution is 0.0938. The number of hydrogen-bond donors (Lipinski definition) is 2. The maximum absolute atomic E-state index is 11.7. The van der Waals surface area contributed by atoms with Gasteiger partial charge in [-0.1, -0.05) is 0 Å². The van der Waals surface area contributed by atoms with Crippen LogP contribution in [-0.4, -0.2) is 36.2 Å². The molecular weight excluding hydrogens is 242 g/mol. The van der Waals surface area contributed by atoms with E-state index in [1.165, 1.54) is 0 Å². The van der Waals surface area contributed by atoms with Crippen LogP contribution in [0.3, 0.4) is 0 Å². The van der Waals surface area contributed by atoms with Crippen LogP contribution in [0.25, 0.3) is 0 Å². The van der Waals surface area contributed by atoms with Crippen molar-refractivity contribution >= 4 is 11.6 Å². The van der Waals surface area contributed by atoms with Crippen LogP contribution in [0.5, 0.6) is 0 Å². The third kappa shape index (κ3) is 4.21. The molecule has 1 aliphatic heterocycles. The smallest absolute Gasteiger partial charge is 0.270 e. The summed E-state index contributed by atoms with van der Waals surface area (Å²) in [6.45, 7) is 5.50. The molecule has 0 radical (unpaired) electrons. The van der Waals surface area contributed by atoms with Gasteiger partial charge in [-0.2, -0.15) is 0 Å². The highest BCUT2D eigenvalue weighted by molar-refractivity contribution is 5.92. The zero-order chi connectivity index (χ0) is 13.7. The second kappa shape index (κ2) is 6.52. The van der Waals surface area contributed by atoms with Gasteiger partial charge in [0.1, 0.15) is 5.69 Å². The summed E-state index contributed by atoms with van der Waals surface area (Å²) < 4.78 is 5.53. The predicted octanol–water partition coefficient (Wildman–Crippen LogP) is 1.81. The molecule has 2 rings (SSSR count). The fraction of sp³-hybridized carbons (Fsp3) is 0.571. The van der Waals surface area contributed by atoms with Gasteiger partial charge in [-0.25, -0.2) is 4.98 Å². The highest BCUT2D eigenvalue weighted by atomic mass is 16.5. The molecule has 0 aliphatic carbocycles. The van der Waals surface area contributed by atoms with Crippen molar-refractivity contribution in [2.24, 2.45) is 0 Å². The van der Waals surface area contributed by atoms with Gasteiger partial charge in [0.25, 0.3) is 5.91 Å². The van der Waals surface area contributed by atoms with E-state index >= 15 is 0 Å². The summed E-state index contributed by atoms with van der Waals surface area (Å²) in [6, 6.07) is 3.72. The van der Waals surface area contributed by atoms with Gasteiger partial charge >= 0.3 is 0 Å². The average molecular weight is 263 g/mol. The van der Waals surface area contributed by atoms with E-state index in [2.05, 4.69) is 15.6 Å². The van der Waals surface area contributed by atoms with Crippen LogP contribution in [0.15, 0.2) is 18.3 Å². The lowest BCUT2D eigenvalue weighted by Crippen LogP contribution is -2.30. The molecule has 0 bridgehead atoms. The molecule has 1 aromatic heterocycles. The van der Waals surface area contributed by atoms with Crippen molar-refractivity contribution in [1.82, 2.24) is 10.3 Å². The normalized spacial score (nSPS) is 18.6. The molecule has 1 aliphatic rings. The SMILES string of the molecule is CC(C)NC(=O)c1ccc(NCC2CCCO2)cn1. The first-order chi connectivity index (χ1) is 9.15. The molecule has 2 N–H and O–H groups in total. The standard InChI is InChI=1S/C14H21N3O2/c1-10(2)17-14(18)13-6-5-11(8-16-13)15-9-12-4-3-7-19-12/h5-6,8,10,12,15H,3-4,7,9H2,1-2H3,(H,17,18). The number of rotatable bonds is 5. The van der Waals surface area contributed by atoms with Crippen LogP contribution in [0, 0.1) is 0 Å². The minimum Gasteiger partial charge on any atom is -0.381 e. The Bertz CT molecular complexity index is 411. The van der Waals surface area contributed by atoms with E-state index < -0.39 is 0 Å². The van der Waals surface area contributed by atoms with Crippen LogP contribution < -0.4 is 10.6 Å². The van der Waals surface area contributed by atoms with E-state index in [1.807, 2.05) is 19.9 Å². The van der Waals surface area contributed by atoms with E-state index in [0.29, 0.717) is 11.8 Å². The highest BCUT2D eigenvalue weighted by Crippen LogP contribution is 2.13. The molecule has 1 unspecified atom stereocenters.